The van der Waals surface area contributed by atoms with Crippen LogP contribution in [0.15, 0.2) is 16.9 Å². The molecular formula is C9H12BrN3O2. The van der Waals surface area contributed by atoms with Crippen molar-refractivity contribution < 1.29 is 4.79 Å². The van der Waals surface area contributed by atoms with Crippen molar-refractivity contribution in [1.29, 1.82) is 0 Å². The van der Waals surface area contributed by atoms with Gasteiger partial charge in [0.2, 0.25) is 0 Å². The standard InChI is InChI=1S/C9H12BrN3O2/c1-9(2,5-10)11-8(15)6-3-4-7(14)13-12-6/h3-4H,5H2,1-2H3,(H,11,15)(H,13,14). The first-order valence-electron chi connectivity index (χ1n) is 4.39. The highest BCUT2D eigenvalue weighted by molar-refractivity contribution is 9.09. The van der Waals surface area contributed by atoms with Crippen LogP contribution in [0.2, 0.25) is 0 Å². The fraction of sp³-hybridized carbons (Fsp3) is 0.444. The highest BCUT2D eigenvalue weighted by atomic mass is 79.9. The Bertz CT molecular complexity index is 394. The van der Waals surface area contributed by atoms with Crippen molar-refractivity contribution in [3.63, 3.8) is 0 Å². The molecule has 0 aromatic carbocycles. The van der Waals surface area contributed by atoms with E-state index in [0.29, 0.717) is 5.33 Å². The van der Waals surface area contributed by atoms with Gasteiger partial charge in [0, 0.05) is 16.9 Å². The summed E-state index contributed by atoms with van der Waals surface area (Å²) in [6.07, 6.45) is 0. The lowest BCUT2D eigenvalue weighted by atomic mass is 10.1. The van der Waals surface area contributed by atoms with Gasteiger partial charge in [-0.25, -0.2) is 5.10 Å². The number of carbonyl (C=O) groups is 1. The van der Waals surface area contributed by atoms with E-state index in [1.807, 2.05) is 13.8 Å². The molecule has 1 aromatic heterocycles. The van der Waals surface area contributed by atoms with Crippen molar-refractivity contribution in [2.75, 3.05) is 5.33 Å². The second-order valence-corrected chi connectivity index (χ2v) is 4.34. The minimum absolute atomic E-state index is 0.198. The number of hydrogen-bond acceptors (Lipinski definition) is 3. The maximum Gasteiger partial charge on any atom is 0.272 e. The summed E-state index contributed by atoms with van der Waals surface area (Å²) in [4.78, 5) is 22.3. The number of nitrogens with zero attached hydrogens (tertiary/aromatic N) is 1. The molecule has 0 radical (unpaired) electrons. The van der Waals surface area contributed by atoms with Crippen LogP contribution < -0.4 is 10.9 Å². The Morgan fingerprint density at radius 3 is 2.73 bits per heavy atom. The van der Waals surface area contributed by atoms with Crippen molar-refractivity contribution in [3.05, 3.63) is 28.2 Å². The molecule has 6 heteroatoms. The minimum atomic E-state index is -0.352. The zero-order valence-corrected chi connectivity index (χ0v) is 10.1. The second kappa shape index (κ2) is 4.57. The zero-order valence-electron chi connectivity index (χ0n) is 8.50. The lowest BCUT2D eigenvalue weighted by molar-refractivity contribution is 0.0915. The molecule has 1 amide bonds. The van der Waals surface area contributed by atoms with Gasteiger partial charge in [-0.3, -0.25) is 9.59 Å². The molecule has 0 aliphatic carbocycles. The number of rotatable bonds is 3. The van der Waals surface area contributed by atoms with E-state index < -0.39 is 0 Å². The first-order valence-corrected chi connectivity index (χ1v) is 5.51. The molecule has 0 atom stereocenters. The van der Waals surface area contributed by atoms with Gasteiger partial charge in [-0.15, -0.1) is 0 Å². The van der Waals surface area contributed by atoms with Gasteiger partial charge in [0.1, 0.15) is 5.69 Å². The molecule has 0 aliphatic heterocycles. The van der Waals surface area contributed by atoms with Crippen LogP contribution >= 0.6 is 15.9 Å². The van der Waals surface area contributed by atoms with Gasteiger partial charge < -0.3 is 5.32 Å². The molecule has 5 nitrogen and oxygen atoms in total. The number of aromatic amines is 1. The summed E-state index contributed by atoms with van der Waals surface area (Å²) in [5.74, 6) is -0.310. The van der Waals surface area contributed by atoms with Crippen LogP contribution in [0.1, 0.15) is 24.3 Å². The summed E-state index contributed by atoms with van der Waals surface area (Å²) >= 11 is 3.29. The van der Waals surface area contributed by atoms with E-state index in [1.54, 1.807) is 0 Å². The number of amides is 1. The van der Waals surface area contributed by atoms with E-state index in [4.69, 9.17) is 0 Å². The highest BCUT2D eigenvalue weighted by Gasteiger charge is 2.20. The maximum atomic E-state index is 11.6. The van der Waals surface area contributed by atoms with Gasteiger partial charge in [-0.1, -0.05) is 15.9 Å². The Balaban J connectivity index is 2.78. The van der Waals surface area contributed by atoms with Gasteiger partial charge >= 0.3 is 0 Å². The average molecular weight is 274 g/mol. The van der Waals surface area contributed by atoms with Crippen LogP contribution in [-0.2, 0) is 0 Å². The van der Waals surface area contributed by atoms with Gasteiger partial charge in [-0.05, 0) is 19.9 Å². The monoisotopic (exact) mass is 273 g/mol. The lowest BCUT2D eigenvalue weighted by Crippen LogP contribution is -2.45. The first kappa shape index (κ1) is 11.9. The SMILES string of the molecule is CC(C)(CBr)NC(=O)c1ccc(=O)[nH]n1. The number of nitrogens with one attached hydrogen (secondary N) is 2. The van der Waals surface area contributed by atoms with Crippen LogP contribution in [0, 0.1) is 0 Å². The third-order valence-corrected chi connectivity index (χ3v) is 3.10. The van der Waals surface area contributed by atoms with Crippen LogP contribution in [0.5, 0.6) is 0 Å². The van der Waals surface area contributed by atoms with Crippen molar-refractivity contribution in [2.24, 2.45) is 0 Å². The van der Waals surface area contributed by atoms with Crippen LogP contribution in [0.4, 0.5) is 0 Å². The third kappa shape index (κ3) is 3.47. The Hall–Kier alpha value is -1.17. The van der Waals surface area contributed by atoms with Gasteiger partial charge in [0.15, 0.2) is 0 Å². The molecule has 0 saturated heterocycles. The summed E-state index contributed by atoms with van der Waals surface area (Å²) in [5.41, 5.74) is -0.482. The summed E-state index contributed by atoms with van der Waals surface area (Å²) in [5, 5.41) is 9.24. The number of carbonyl (C=O) groups excluding carboxylic acids is 1. The minimum Gasteiger partial charge on any atom is -0.345 e. The molecule has 0 spiro atoms. The maximum absolute atomic E-state index is 11.6. The summed E-state index contributed by atoms with van der Waals surface area (Å²) in [6, 6.07) is 2.65. The number of halogens is 1. The highest BCUT2D eigenvalue weighted by Crippen LogP contribution is 2.06. The molecule has 0 unspecified atom stereocenters. The third-order valence-electron chi connectivity index (χ3n) is 1.70. The van der Waals surface area contributed by atoms with Gasteiger partial charge in [0.25, 0.3) is 11.5 Å². The van der Waals surface area contributed by atoms with Crippen molar-refractivity contribution in [2.45, 2.75) is 19.4 Å². The number of aromatic nitrogens is 2. The Kier molecular flexibility index (Phi) is 3.62. The summed E-state index contributed by atoms with van der Waals surface area (Å²) in [7, 11) is 0. The lowest BCUT2D eigenvalue weighted by Gasteiger charge is -2.22. The van der Waals surface area contributed by atoms with Crippen molar-refractivity contribution in [1.82, 2.24) is 15.5 Å². The van der Waals surface area contributed by atoms with Crippen LogP contribution in [0.25, 0.3) is 0 Å². The summed E-state index contributed by atoms with van der Waals surface area (Å²) < 4.78 is 0. The molecule has 0 aliphatic rings. The molecule has 0 saturated carbocycles. The molecule has 1 rings (SSSR count). The average Bonchev–Trinajstić information content (AvgIpc) is 2.18. The van der Waals surface area contributed by atoms with Gasteiger partial charge in [-0.2, -0.15) is 5.10 Å². The Labute approximate surface area is 95.4 Å². The molecule has 1 aromatic rings. The van der Waals surface area contributed by atoms with E-state index in [1.165, 1.54) is 12.1 Å². The molecular weight excluding hydrogens is 262 g/mol. The molecule has 1 heterocycles. The largest absolute Gasteiger partial charge is 0.345 e. The van der Waals surface area contributed by atoms with Gasteiger partial charge in [0.05, 0.1) is 0 Å². The van der Waals surface area contributed by atoms with E-state index in [-0.39, 0.29) is 22.7 Å². The van der Waals surface area contributed by atoms with E-state index in [2.05, 4.69) is 31.4 Å². The fourth-order valence-electron chi connectivity index (χ4n) is 0.876. The van der Waals surface area contributed by atoms with Crippen LogP contribution in [0.3, 0.4) is 0 Å². The number of H-pyrrole nitrogens is 1. The molecule has 82 valence electrons. The molecule has 0 bridgehead atoms. The zero-order chi connectivity index (χ0) is 11.5. The number of alkyl halides is 1. The molecule has 15 heavy (non-hydrogen) atoms. The second-order valence-electron chi connectivity index (χ2n) is 3.78. The van der Waals surface area contributed by atoms with E-state index in [9.17, 15) is 9.59 Å². The smallest absolute Gasteiger partial charge is 0.272 e. The fourth-order valence-corrected chi connectivity index (χ4v) is 1.02. The Morgan fingerprint density at radius 2 is 2.27 bits per heavy atom. The molecule has 0 fully saturated rings. The van der Waals surface area contributed by atoms with Crippen molar-refractivity contribution in [3.8, 4) is 0 Å². The van der Waals surface area contributed by atoms with E-state index >= 15 is 0 Å². The van der Waals surface area contributed by atoms with Crippen LogP contribution in [-0.4, -0.2) is 27.0 Å². The topological polar surface area (TPSA) is 74.8 Å². The quantitative estimate of drug-likeness (QED) is 0.796. The first-order chi connectivity index (χ1) is 6.94. The van der Waals surface area contributed by atoms with E-state index in [0.717, 1.165) is 0 Å². The predicted octanol–water partition coefficient (Wildman–Crippen LogP) is 0.673. The Morgan fingerprint density at radius 1 is 1.60 bits per heavy atom. The molecule has 2 N–H and O–H groups in total. The van der Waals surface area contributed by atoms with Crippen molar-refractivity contribution >= 4 is 21.8 Å². The summed E-state index contributed by atoms with van der Waals surface area (Å²) in [6.45, 7) is 3.76. The normalized spacial score (nSPS) is 11.1. The number of hydrogen-bond donors (Lipinski definition) is 2. The predicted molar refractivity (Wildman–Crippen MR) is 60.2 cm³/mol.